The lowest BCUT2D eigenvalue weighted by Crippen LogP contribution is -2.38. The maximum atomic E-state index is 4.53. The average molecular weight is 323 g/mol. The quantitative estimate of drug-likeness (QED) is 0.546. The Bertz CT molecular complexity index is 344. The van der Waals surface area contributed by atoms with Crippen LogP contribution in [0.15, 0.2) is 0 Å². The van der Waals surface area contributed by atoms with E-state index in [0.717, 1.165) is 35.3 Å². The summed E-state index contributed by atoms with van der Waals surface area (Å²) in [6.07, 6.45) is 18.1. The Hall–Kier alpha value is 0.350. The van der Waals surface area contributed by atoms with Crippen molar-refractivity contribution < 1.29 is 0 Å². The maximum absolute atomic E-state index is 4.53. The SMILES string of the molecule is CC1CCCC(C2CCCC(C)(C3CCC(CS)CC3)C2)C1. The number of hydrogen-bond acceptors (Lipinski definition) is 1. The van der Waals surface area contributed by atoms with Gasteiger partial charge in [-0.05, 0) is 85.7 Å². The molecule has 4 unspecified atom stereocenters. The topological polar surface area (TPSA) is 0 Å². The molecule has 4 atom stereocenters. The highest BCUT2D eigenvalue weighted by molar-refractivity contribution is 7.80. The van der Waals surface area contributed by atoms with Gasteiger partial charge >= 0.3 is 0 Å². The van der Waals surface area contributed by atoms with Gasteiger partial charge in [-0.25, -0.2) is 0 Å². The van der Waals surface area contributed by atoms with Crippen molar-refractivity contribution in [2.75, 3.05) is 5.75 Å². The van der Waals surface area contributed by atoms with Crippen molar-refractivity contribution in [3.8, 4) is 0 Å². The van der Waals surface area contributed by atoms with E-state index in [2.05, 4.69) is 26.5 Å². The van der Waals surface area contributed by atoms with E-state index in [1.54, 1.807) is 12.8 Å². The van der Waals surface area contributed by atoms with Crippen LogP contribution < -0.4 is 0 Å². The highest BCUT2D eigenvalue weighted by atomic mass is 32.1. The molecule has 1 heteroatoms. The molecule has 0 N–H and O–H groups in total. The average Bonchev–Trinajstić information content (AvgIpc) is 2.55. The van der Waals surface area contributed by atoms with Gasteiger partial charge in [-0.15, -0.1) is 0 Å². The highest BCUT2D eigenvalue weighted by Crippen LogP contribution is 2.53. The molecule has 22 heavy (non-hydrogen) atoms. The summed E-state index contributed by atoms with van der Waals surface area (Å²) < 4.78 is 0. The van der Waals surface area contributed by atoms with Gasteiger partial charge < -0.3 is 0 Å². The van der Waals surface area contributed by atoms with E-state index < -0.39 is 0 Å². The van der Waals surface area contributed by atoms with Crippen molar-refractivity contribution in [3.63, 3.8) is 0 Å². The Kier molecular flexibility index (Phi) is 5.85. The van der Waals surface area contributed by atoms with E-state index in [9.17, 15) is 0 Å². The van der Waals surface area contributed by atoms with Crippen LogP contribution in [-0.2, 0) is 0 Å². The first-order chi connectivity index (χ1) is 10.6. The summed E-state index contributed by atoms with van der Waals surface area (Å²) >= 11 is 4.53. The standard InChI is InChI=1S/C21H38S/c1-16-5-3-6-18(13-16)19-7-4-12-21(2,14-19)20-10-8-17(15-22)9-11-20/h16-20,22H,3-15H2,1-2H3. The molecule has 0 aromatic heterocycles. The first kappa shape index (κ1) is 17.2. The van der Waals surface area contributed by atoms with Crippen molar-refractivity contribution in [1.82, 2.24) is 0 Å². The third-order valence-corrected chi connectivity index (χ3v) is 8.30. The largest absolute Gasteiger partial charge is 0.179 e. The zero-order chi connectivity index (χ0) is 15.6. The molecule has 0 heterocycles. The second-order valence-electron chi connectivity index (χ2n) is 9.44. The molecule has 3 saturated carbocycles. The molecule has 3 aliphatic rings. The zero-order valence-electron chi connectivity index (χ0n) is 15.0. The van der Waals surface area contributed by atoms with Gasteiger partial charge in [-0.3, -0.25) is 0 Å². The summed E-state index contributed by atoms with van der Waals surface area (Å²) in [6.45, 7) is 5.16. The van der Waals surface area contributed by atoms with Crippen LogP contribution in [0.3, 0.4) is 0 Å². The fraction of sp³-hybridized carbons (Fsp3) is 1.00. The zero-order valence-corrected chi connectivity index (χ0v) is 15.9. The molecule has 3 rings (SSSR count). The van der Waals surface area contributed by atoms with Crippen LogP contribution in [0.2, 0.25) is 0 Å². The minimum Gasteiger partial charge on any atom is -0.179 e. The number of thiol groups is 1. The molecule has 128 valence electrons. The normalized spacial score (nSPS) is 47.3. The van der Waals surface area contributed by atoms with Crippen molar-refractivity contribution in [2.45, 2.75) is 90.9 Å². The van der Waals surface area contributed by atoms with Gasteiger partial charge in [0.2, 0.25) is 0 Å². The van der Waals surface area contributed by atoms with Crippen LogP contribution in [0, 0.1) is 35.0 Å². The third-order valence-electron chi connectivity index (χ3n) is 7.79. The van der Waals surface area contributed by atoms with Crippen LogP contribution in [-0.4, -0.2) is 5.75 Å². The molecular formula is C21H38S. The van der Waals surface area contributed by atoms with Crippen molar-refractivity contribution in [3.05, 3.63) is 0 Å². The van der Waals surface area contributed by atoms with Gasteiger partial charge in [0.05, 0.1) is 0 Å². The smallest absolute Gasteiger partial charge is 0.00695 e. The molecule has 0 aromatic rings. The van der Waals surface area contributed by atoms with Crippen LogP contribution in [0.1, 0.15) is 90.9 Å². The summed E-state index contributed by atoms with van der Waals surface area (Å²) in [5.74, 6) is 6.18. The van der Waals surface area contributed by atoms with E-state index in [4.69, 9.17) is 0 Å². The summed E-state index contributed by atoms with van der Waals surface area (Å²) in [7, 11) is 0. The molecule has 0 nitrogen and oxygen atoms in total. The van der Waals surface area contributed by atoms with Gasteiger partial charge in [-0.2, -0.15) is 12.6 Å². The van der Waals surface area contributed by atoms with Crippen molar-refractivity contribution in [1.29, 1.82) is 0 Å². The van der Waals surface area contributed by atoms with Crippen LogP contribution in [0.4, 0.5) is 0 Å². The van der Waals surface area contributed by atoms with Crippen molar-refractivity contribution >= 4 is 12.6 Å². The van der Waals surface area contributed by atoms with Gasteiger partial charge in [0.15, 0.2) is 0 Å². The summed E-state index contributed by atoms with van der Waals surface area (Å²) in [4.78, 5) is 0. The maximum Gasteiger partial charge on any atom is -0.00695 e. The Morgan fingerprint density at radius 1 is 0.909 bits per heavy atom. The van der Waals surface area contributed by atoms with E-state index in [1.165, 1.54) is 64.2 Å². The molecule has 0 bridgehead atoms. The van der Waals surface area contributed by atoms with Gasteiger partial charge in [-0.1, -0.05) is 46.0 Å². The lowest BCUT2D eigenvalue weighted by molar-refractivity contribution is 0.0226. The summed E-state index contributed by atoms with van der Waals surface area (Å²) in [5, 5.41) is 0. The van der Waals surface area contributed by atoms with Gasteiger partial charge in [0, 0.05) is 0 Å². The van der Waals surface area contributed by atoms with Crippen LogP contribution in [0.25, 0.3) is 0 Å². The van der Waals surface area contributed by atoms with Gasteiger partial charge in [0.25, 0.3) is 0 Å². The van der Waals surface area contributed by atoms with E-state index >= 15 is 0 Å². The molecule has 3 aliphatic carbocycles. The molecule has 0 spiro atoms. The lowest BCUT2D eigenvalue weighted by atomic mass is 9.57. The second kappa shape index (κ2) is 7.49. The Balaban J connectivity index is 1.59. The van der Waals surface area contributed by atoms with Crippen LogP contribution in [0.5, 0.6) is 0 Å². The van der Waals surface area contributed by atoms with Crippen molar-refractivity contribution in [2.24, 2.45) is 35.0 Å². The molecular weight excluding hydrogens is 284 g/mol. The highest BCUT2D eigenvalue weighted by Gasteiger charge is 2.42. The summed E-state index contributed by atoms with van der Waals surface area (Å²) in [5.41, 5.74) is 0.672. The molecule has 0 radical (unpaired) electrons. The number of hydrogen-bond donors (Lipinski definition) is 1. The van der Waals surface area contributed by atoms with E-state index in [-0.39, 0.29) is 0 Å². The predicted molar refractivity (Wildman–Crippen MR) is 100 cm³/mol. The molecule has 0 aliphatic heterocycles. The Labute approximate surface area is 144 Å². The fourth-order valence-electron chi connectivity index (χ4n) is 6.30. The lowest BCUT2D eigenvalue weighted by Gasteiger charge is -2.49. The molecule has 3 fully saturated rings. The third kappa shape index (κ3) is 3.87. The minimum atomic E-state index is 0.672. The Morgan fingerprint density at radius 3 is 2.32 bits per heavy atom. The molecule has 0 saturated heterocycles. The predicted octanol–water partition coefficient (Wildman–Crippen LogP) is 6.75. The monoisotopic (exact) mass is 322 g/mol. The summed E-state index contributed by atoms with van der Waals surface area (Å²) in [6, 6.07) is 0. The fourth-order valence-corrected chi connectivity index (χ4v) is 6.66. The van der Waals surface area contributed by atoms with Crippen LogP contribution >= 0.6 is 12.6 Å². The van der Waals surface area contributed by atoms with E-state index in [0.29, 0.717) is 5.41 Å². The Morgan fingerprint density at radius 2 is 1.64 bits per heavy atom. The van der Waals surface area contributed by atoms with E-state index in [1.807, 2.05) is 0 Å². The second-order valence-corrected chi connectivity index (χ2v) is 9.81. The first-order valence-corrected chi connectivity index (χ1v) is 10.8. The first-order valence-electron chi connectivity index (χ1n) is 10.2. The molecule has 0 aromatic carbocycles. The van der Waals surface area contributed by atoms with Gasteiger partial charge in [0.1, 0.15) is 0 Å². The minimum absolute atomic E-state index is 0.672. The molecule has 0 amide bonds. The number of rotatable bonds is 3.